The minimum Gasteiger partial charge on any atom is -0.440 e. The largest absolute Gasteiger partial charge is 0.440 e. The molecule has 0 unspecified atom stereocenters. The van der Waals surface area contributed by atoms with Crippen LogP contribution in [0.1, 0.15) is 38.1 Å². The maximum atomic E-state index is 12.5. The van der Waals surface area contributed by atoms with Crippen molar-refractivity contribution < 1.29 is 12.8 Å². The first-order valence-corrected chi connectivity index (χ1v) is 9.39. The Morgan fingerprint density at radius 1 is 1.12 bits per heavy atom. The van der Waals surface area contributed by atoms with Gasteiger partial charge in [-0.2, -0.15) is 0 Å². The number of oxazole rings is 1. The fourth-order valence-electron chi connectivity index (χ4n) is 2.37. The molecule has 1 heterocycles. The van der Waals surface area contributed by atoms with Gasteiger partial charge in [0.05, 0.1) is 10.6 Å². The number of nitrogens with one attached hydrogen (secondary N) is 1. The van der Waals surface area contributed by atoms with Crippen LogP contribution in [-0.2, 0) is 16.4 Å². The van der Waals surface area contributed by atoms with Crippen LogP contribution in [0, 0.1) is 0 Å². The highest BCUT2D eigenvalue weighted by atomic mass is 32.2. The summed E-state index contributed by atoms with van der Waals surface area (Å²) >= 11 is 0. The molecule has 0 fully saturated rings. The van der Waals surface area contributed by atoms with Gasteiger partial charge in [0.25, 0.3) is 10.0 Å². The molecule has 5 nitrogen and oxygen atoms in total. The van der Waals surface area contributed by atoms with E-state index in [0.29, 0.717) is 22.7 Å². The molecule has 126 valence electrons. The predicted octanol–water partition coefficient (Wildman–Crippen LogP) is 4.31. The summed E-state index contributed by atoms with van der Waals surface area (Å²) in [7, 11) is -3.63. The average molecular weight is 344 g/mol. The van der Waals surface area contributed by atoms with E-state index in [0.717, 1.165) is 12.0 Å². The molecule has 0 aliphatic rings. The molecule has 0 amide bonds. The zero-order chi connectivity index (χ0) is 17.3. The first kappa shape index (κ1) is 16.5. The monoisotopic (exact) mass is 344 g/mol. The lowest BCUT2D eigenvalue weighted by Gasteiger charge is -2.08. The van der Waals surface area contributed by atoms with Gasteiger partial charge in [-0.15, -0.1) is 0 Å². The number of sulfonamides is 1. The molecular formula is C18H20N2O3S. The Morgan fingerprint density at radius 3 is 2.46 bits per heavy atom. The SMILES string of the molecule is CCc1ccc(S(=O)(=O)Nc2ccc3nc(C(C)C)oc3c2)cc1. The van der Waals surface area contributed by atoms with Crippen LogP contribution in [0.2, 0.25) is 0 Å². The van der Waals surface area contributed by atoms with Gasteiger partial charge < -0.3 is 4.42 Å². The summed E-state index contributed by atoms with van der Waals surface area (Å²) in [6.07, 6.45) is 0.869. The smallest absolute Gasteiger partial charge is 0.261 e. The lowest BCUT2D eigenvalue weighted by Crippen LogP contribution is -2.12. The Balaban J connectivity index is 1.89. The molecule has 24 heavy (non-hydrogen) atoms. The number of hydrogen-bond donors (Lipinski definition) is 1. The highest BCUT2D eigenvalue weighted by Gasteiger charge is 2.15. The summed E-state index contributed by atoms with van der Waals surface area (Å²) in [5.41, 5.74) is 2.83. The number of hydrogen-bond acceptors (Lipinski definition) is 4. The molecule has 0 spiro atoms. The van der Waals surface area contributed by atoms with Crippen LogP contribution in [0.15, 0.2) is 51.8 Å². The van der Waals surface area contributed by atoms with Crippen molar-refractivity contribution in [3.63, 3.8) is 0 Å². The van der Waals surface area contributed by atoms with Crippen molar-refractivity contribution in [3.8, 4) is 0 Å². The van der Waals surface area contributed by atoms with Gasteiger partial charge in [0.2, 0.25) is 0 Å². The van der Waals surface area contributed by atoms with Crippen molar-refractivity contribution in [3.05, 3.63) is 53.9 Å². The number of aromatic nitrogens is 1. The van der Waals surface area contributed by atoms with Crippen molar-refractivity contribution in [1.82, 2.24) is 4.98 Å². The summed E-state index contributed by atoms with van der Waals surface area (Å²) in [5, 5.41) is 0. The fourth-order valence-corrected chi connectivity index (χ4v) is 3.42. The number of fused-ring (bicyclic) bond motifs is 1. The molecule has 1 N–H and O–H groups in total. The summed E-state index contributed by atoms with van der Waals surface area (Å²) in [4.78, 5) is 4.62. The molecule has 0 radical (unpaired) electrons. The van der Waals surface area contributed by atoms with E-state index in [9.17, 15) is 8.42 Å². The van der Waals surface area contributed by atoms with Gasteiger partial charge in [-0.05, 0) is 36.2 Å². The topological polar surface area (TPSA) is 72.2 Å². The first-order chi connectivity index (χ1) is 11.4. The van der Waals surface area contributed by atoms with Crippen molar-refractivity contribution in [2.75, 3.05) is 4.72 Å². The van der Waals surface area contributed by atoms with Gasteiger partial charge in [0.15, 0.2) is 11.5 Å². The number of rotatable bonds is 5. The van der Waals surface area contributed by atoms with Crippen molar-refractivity contribution in [1.29, 1.82) is 0 Å². The van der Waals surface area contributed by atoms with E-state index in [-0.39, 0.29) is 10.8 Å². The van der Waals surface area contributed by atoms with Gasteiger partial charge in [0.1, 0.15) is 5.52 Å². The molecule has 1 aromatic heterocycles. The van der Waals surface area contributed by atoms with Crippen LogP contribution < -0.4 is 4.72 Å². The lowest BCUT2D eigenvalue weighted by molar-refractivity contribution is 0.501. The lowest BCUT2D eigenvalue weighted by atomic mass is 10.2. The third-order valence-electron chi connectivity index (χ3n) is 3.79. The van der Waals surface area contributed by atoms with Gasteiger partial charge in [-0.3, -0.25) is 4.72 Å². The molecule has 0 bridgehead atoms. The van der Waals surface area contributed by atoms with Crippen LogP contribution in [0.25, 0.3) is 11.1 Å². The van der Waals surface area contributed by atoms with Gasteiger partial charge in [-0.1, -0.05) is 32.9 Å². The Labute approximate surface area is 141 Å². The third kappa shape index (κ3) is 3.28. The van der Waals surface area contributed by atoms with Crippen LogP contribution in [0.5, 0.6) is 0 Å². The van der Waals surface area contributed by atoms with Gasteiger partial charge in [-0.25, -0.2) is 13.4 Å². The van der Waals surface area contributed by atoms with E-state index >= 15 is 0 Å². The fraction of sp³-hybridized carbons (Fsp3) is 0.278. The maximum Gasteiger partial charge on any atom is 0.261 e. The molecule has 0 saturated carbocycles. The Hall–Kier alpha value is -2.34. The quantitative estimate of drug-likeness (QED) is 0.748. The summed E-state index contributed by atoms with van der Waals surface area (Å²) in [6.45, 7) is 6.02. The molecule has 0 atom stereocenters. The highest BCUT2D eigenvalue weighted by molar-refractivity contribution is 7.92. The number of anilines is 1. The van der Waals surface area contributed by atoms with E-state index in [4.69, 9.17) is 4.42 Å². The van der Waals surface area contributed by atoms with Crippen molar-refractivity contribution in [2.24, 2.45) is 0 Å². The second-order valence-electron chi connectivity index (χ2n) is 5.99. The van der Waals surface area contributed by atoms with Crippen LogP contribution >= 0.6 is 0 Å². The van der Waals surface area contributed by atoms with Gasteiger partial charge in [0, 0.05) is 12.0 Å². The molecule has 2 aromatic carbocycles. The molecule has 3 aromatic rings. The predicted molar refractivity (Wildman–Crippen MR) is 94.7 cm³/mol. The van der Waals surface area contributed by atoms with E-state index in [2.05, 4.69) is 9.71 Å². The molecule has 3 rings (SSSR count). The highest BCUT2D eigenvalue weighted by Crippen LogP contribution is 2.25. The average Bonchev–Trinajstić information content (AvgIpc) is 2.98. The Morgan fingerprint density at radius 2 is 1.83 bits per heavy atom. The van der Waals surface area contributed by atoms with Crippen molar-refractivity contribution in [2.45, 2.75) is 38.0 Å². The second kappa shape index (κ2) is 6.28. The van der Waals surface area contributed by atoms with Gasteiger partial charge >= 0.3 is 0 Å². The Kier molecular flexibility index (Phi) is 4.32. The molecule has 0 aliphatic carbocycles. The number of benzene rings is 2. The minimum absolute atomic E-state index is 0.176. The van der Waals surface area contributed by atoms with Crippen molar-refractivity contribution >= 4 is 26.8 Å². The molecular weight excluding hydrogens is 324 g/mol. The summed E-state index contributed by atoms with van der Waals surface area (Å²) in [6, 6.07) is 12.0. The van der Waals surface area contributed by atoms with E-state index in [1.54, 1.807) is 30.3 Å². The number of nitrogens with zero attached hydrogens (tertiary/aromatic N) is 1. The molecule has 0 aliphatic heterocycles. The van der Waals surface area contributed by atoms with Crippen LogP contribution in [-0.4, -0.2) is 13.4 Å². The standard InChI is InChI=1S/C18H20N2O3S/c1-4-13-5-8-15(9-6-13)24(21,22)20-14-7-10-16-17(11-14)23-18(19-16)12(2)3/h5-12,20H,4H2,1-3H3. The van der Waals surface area contributed by atoms with E-state index < -0.39 is 10.0 Å². The normalized spacial score (nSPS) is 12.0. The Bertz CT molecular complexity index is 958. The molecule has 0 saturated heterocycles. The maximum absolute atomic E-state index is 12.5. The molecule has 6 heteroatoms. The van der Waals surface area contributed by atoms with E-state index in [1.807, 2.05) is 32.9 Å². The minimum atomic E-state index is -3.63. The van der Waals surface area contributed by atoms with Crippen LogP contribution in [0.3, 0.4) is 0 Å². The zero-order valence-corrected chi connectivity index (χ0v) is 14.7. The van der Waals surface area contributed by atoms with E-state index in [1.165, 1.54) is 0 Å². The first-order valence-electron chi connectivity index (χ1n) is 7.91. The third-order valence-corrected chi connectivity index (χ3v) is 5.19. The zero-order valence-electron chi connectivity index (χ0n) is 13.9. The summed E-state index contributed by atoms with van der Waals surface area (Å²) in [5.74, 6) is 0.815. The van der Waals surface area contributed by atoms with Crippen LogP contribution in [0.4, 0.5) is 5.69 Å². The number of aryl methyl sites for hydroxylation is 1. The summed E-state index contributed by atoms with van der Waals surface area (Å²) < 4.78 is 33.2. The second-order valence-corrected chi connectivity index (χ2v) is 7.67.